The molecule has 1 fully saturated rings. The Hall–Kier alpha value is -0.120. The van der Waals surface area contributed by atoms with Gasteiger partial charge in [0.25, 0.3) is 0 Å². The molecule has 0 saturated carbocycles. The third-order valence-corrected chi connectivity index (χ3v) is 3.41. The van der Waals surface area contributed by atoms with Crippen LogP contribution < -0.4 is 5.32 Å². The topological polar surface area (TPSA) is 24.5 Å². The number of unbranched alkanes of at least 4 members (excludes halogenated alkanes) is 1. The van der Waals surface area contributed by atoms with Gasteiger partial charge in [0.15, 0.2) is 0 Å². The van der Waals surface area contributed by atoms with E-state index < -0.39 is 0 Å². The van der Waals surface area contributed by atoms with E-state index in [4.69, 9.17) is 4.74 Å². The Kier molecular flexibility index (Phi) is 6.45. The molecule has 102 valence electrons. The van der Waals surface area contributed by atoms with E-state index >= 15 is 0 Å². The van der Waals surface area contributed by atoms with Crippen LogP contribution in [-0.4, -0.2) is 49.8 Å². The average Bonchev–Trinajstić information content (AvgIpc) is 2.28. The van der Waals surface area contributed by atoms with Crippen molar-refractivity contribution in [2.45, 2.75) is 58.0 Å². The summed E-state index contributed by atoms with van der Waals surface area (Å²) in [5, 5.41) is 3.54. The van der Waals surface area contributed by atoms with Crippen LogP contribution in [-0.2, 0) is 4.74 Å². The first kappa shape index (κ1) is 14.9. The summed E-state index contributed by atoms with van der Waals surface area (Å²) in [6.45, 7) is 10.9. The zero-order valence-electron chi connectivity index (χ0n) is 12.1. The first-order valence-corrected chi connectivity index (χ1v) is 7.02. The van der Waals surface area contributed by atoms with E-state index in [0.29, 0.717) is 0 Å². The van der Waals surface area contributed by atoms with E-state index in [1.807, 2.05) is 0 Å². The van der Waals surface area contributed by atoms with Crippen molar-refractivity contribution in [3.8, 4) is 0 Å². The van der Waals surface area contributed by atoms with Gasteiger partial charge in [0.1, 0.15) is 0 Å². The molecule has 0 spiro atoms. The van der Waals surface area contributed by atoms with Gasteiger partial charge in [-0.1, -0.05) is 0 Å². The summed E-state index contributed by atoms with van der Waals surface area (Å²) in [5.41, 5.74) is 0.257. The lowest BCUT2D eigenvalue weighted by Gasteiger charge is -2.31. The van der Waals surface area contributed by atoms with Gasteiger partial charge in [-0.3, -0.25) is 0 Å². The summed E-state index contributed by atoms with van der Waals surface area (Å²) in [7, 11) is 2.26. The van der Waals surface area contributed by atoms with Crippen LogP contribution in [0.5, 0.6) is 0 Å². The van der Waals surface area contributed by atoms with Crippen molar-refractivity contribution in [3.05, 3.63) is 0 Å². The van der Waals surface area contributed by atoms with Crippen molar-refractivity contribution in [1.82, 2.24) is 10.2 Å². The molecule has 3 nitrogen and oxygen atoms in total. The SMILES string of the molecule is CN(CCCCNC(C)(C)C)C1CCOCC1. The monoisotopic (exact) mass is 242 g/mol. The zero-order chi connectivity index (χ0) is 12.7. The minimum absolute atomic E-state index is 0.257. The largest absolute Gasteiger partial charge is 0.381 e. The van der Waals surface area contributed by atoms with E-state index in [-0.39, 0.29) is 5.54 Å². The van der Waals surface area contributed by atoms with Crippen LogP contribution in [0.15, 0.2) is 0 Å². The van der Waals surface area contributed by atoms with Crippen LogP contribution in [0.3, 0.4) is 0 Å². The third-order valence-electron chi connectivity index (χ3n) is 3.41. The van der Waals surface area contributed by atoms with Crippen LogP contribution in [0.2, 0.25) is 0 Å². The van der Waals surface area contributed by atoms with Crippen LogP contribution in [0.1, 0.15) is 46.5 Å². The molecule has 0 radical (unpaired) electrons. The summed E-state index contributed by atoms with van der Waals surface area (Å²) in [5.74, 6) is 0. The quantitative estimate of drug-likeness (QED) is 0.723. The minimum Gasteiger partial charge on any atom is -0.381 e. The predicted molar refractivity (Wildman–Crippen MR) is 73.5 cm³/mol. The molecule has 0 amide bonds. The number of nitrogens with one attached hydrogen (secondary N) is 1. The minimum atomic E-state index is 0.257. The number of hydrogen-bond donors (Lipinski definition) is 1. The Morgan fingerprint density at radius 1 is 1.18 bits per heavy atom. The van der Waals surface area contributed by atoms with E-state index in [9.17, 15) is 0 Å². The second-order valence-corrected chi connectivity index (χ2v) is 6.21. The highest BCUT2D eigenvalue weighted by atomic mass is 16.5. The fraction of sp³-hybridized carbons (Fsp3) is 1.00. The Balaban J connectivity index is 2.01. The zero-order valence-corrected chi connectivity index (χ0v) is 12.1. The van der Waals surface area contributed by atoms with E-state index in [0.717, 1.165) is 25.8 Å². The maximum Gasteiger partial charge on any atom is 0.0480 e. The maximum absolute atomic E-state index is 5.39. The van der Waals surface area contributed by atoms with Crippen molar-refractivity contribution in [2.75, 3.05) is 33.4 Å². The molecule has 1 rings (SSSR count). The Morgan fingerprint density at radius 2 is 1.82 bits per heavy atom. The fourth-order valence-electron chi connectivity index (χ4n) is 2.26. The van der Waals surface area contributed by atoms with Gasteiger partial charge in [0.2, 0.25) is 0 Å². The molecule has 0 aliphatic carbocycles. The third kappa shape index (κ3) is 7.02. The highest BCUT2D eigenvalue weighted by Crippen LogP contribution is 2.13. The van der Waals surface area contributed by atoms with Gasteiger partial charge in [-0.15, -0.1) is 0 Å². The molecule has 0 atom stereocenters. The van der Waals surface area contributed by atoms with Crippen molar-refractivity contribution in [1.29, 1.82) is 0 Å². The predicted octanol–water partition coefficient (Wildman–Crippen LogP) is 2.27. The number of ether oxygens (including phenoxy) is 1. The molecule has 1 saturated heterocycles. The Bertz CT molecular complexity index is 195. The summed E-state index contributed by atoms with van der Waals surface area (Å²) < 4.78 is 5.39. The standard InChI is InChI=1S/C14H30N2O/c1-14(2,3)15-9-5-6-10-16(4)13-7-11-17-12-8-13/h13,15H,5-12H2,1-4H3. The molecule has 0 aromatic heterocycles. The van der Waals surface area contributed by atoms with Crippen LogP contribution in [0.25, 0.3) is 0 Å². The van der Waals surface area contributed by atoms with Gasteiger partial charge in [-0.2, -0.15) is 0 Å². The number of rotatable bonds is 6. The normalized spacial score (nSPS) is 18.9. The van der Waals surface area contributed by atoms with Crippen molar-refractivity contribution < 1.29 is 4.74 Å². The first-order valence-electron chi connectivity index (χ1n) is 7.02. The molecular formula is C14H30N2O. The lowest BCUT2D eigenvalue weighted by molar-refractivity contribution is 0.0426. The summed E-state index contributed by atoms with van der Waals surface area (Å²) in [6, 6.07) is 0.749. The van der Waals surface area contributed by atoms with Crippen molar-refractivity contribution in [2.24, 2.45) is 0 Å². The second kappa shape index (κ2) is 7.34. The van der Waals surface area contributed by atoms with Crippen molar-refractivity contribution in [3.63, 3.8) is 0 Å². The first-order chi connectivity index (χ1) is 7.99. The van der Waals surface area contributed by atoms with Crippen LogP contribution in [0, 0.1) is 0 Å². The highest BCUT2D eigenvalue weighted by molar-refractivity contribution is 4.73. The van der Waals surface area contributed by atoms with Gasteiger partial charge in [-0.25, -0.2) is 0 Å². The number of nitrogens with zero attached hydrogens (tertiary/aromatic N) is 1. The summed E-state index contributed by atoms with van der Waals surface area (Å²) in [6.07, 6.45) is 4.97. The van der Waals surface area contributed by atoms with Crippen LogP contribution in [0.4, 0.5) is 0 Å². The van der Waals surface area contributed by atoms with E-state index in [2.05, 4.69) is 38.0 Å². The lowest BCUT2D eigenvalue weighted by atomic mass is 10.1. The Labute approximate surface area is 107 Å². The molecule has 0 unspecified atom stereocenters. The highest BCUT2D eigenvalue weighted by Gasteiger charge is 2.17. The molecule has 17 heavy (non-hydrogen) atoms. The average molecular weight is 242 g/mol. The summed E-state index contributed by atoms with van der Waals surface area (Å²) >= 11 is 0. The second-order valence-electron chi connectivity index (χ2n) is 6.21. The molecular weight excluding hydrogens is 212 g/mol. The van der Waals surface area contributed by atoms with E-state index in [1.54, 1.807) is 0 Å². The van der Waals surface area contributed by atoms with Gasteiger partial charge < -0.3 is 15.0 Å². The van der Waals surface area contributed by atoms with Gasteiger partial charge in [0.05, 0.1) is 0 Å². The molecule has 1 aliphatic heterocycles. The molecule has 0 aromatic rings. The molecule has 1 heterocycles. The van der Waals surface area contributed by atoms with E-state index in [1.165, 1.54) is 32.2 Å². The Morgan fingerprint density at radius 3 is 2.41 bits per heavy atom. The molecule has 0 aromatic carbocycles. The molecule has 0 bridgehead atoms. The van der Waals surface area contributed by atoms with Gasteiger partial charge >= 0.3 is 0 Å². The van der Waals surface area contributed by atoms with Gasteiger partial charge in [0, 0.05) is 24.8 Å². The van der Waals surface area contributed by atoms with Crippen molar-refractivity contribution >= 4 is 0 Å². The van der Waals surface area contributed by atoms with Gasteiger partial charge in [-0.05, 0) is 66.6 Å². The fourth-order valence-corrected chi connectivity index (χ4v) is 2.26. The van der Waals surface area contributed by atoms with Crippen LogP contribution >= 0.6 is 0 Å². The lowest BCUT2D eigenvalue weighted by Crippen LogP contribution is -2.38. The smallest absolute Gasteiger partial charge is 0.0480 e. The molecule has 1 N–H and O–H groups in total. The number of hydrogen-bond acceptors (Lipinski definition) is 3. The molecule has 3 heteroatoms. The molecule has 1 aliphatic rings. The maximum atomic E-state index is 5.39. The summed E-state index contributed by atoms with van der Waals surface area (Å²) in [4.78, 5) is 2.51.